The summed E-state index contributed by atoms with van der Waals surface area (Å²) in [5, 5.41) is 8.77. The molecule has 1 aromatic heterocycles. The molecule has 3 rings (SSSR count). The fourth-order valence-electron chi connectivity index (χ4n) is 2.20. The zero-order valence-electron chi connectivity index (χ0n) is 10.00. The third kappa shape index (κ3) is 1.99. The molecule has 5 heteroatoms. The number of carboxylic acid groups (broad SMARTS) is 1. The van der Waals surface area contributed by atoms with E-state index in [-0.39, 0.29) is 17.4 Å². The van der Waals surface area contributed by atoms with Gasteiger partial charge in [0.05, 0.1) is 0 Å². The minimum Gasteiger partial charge on any atom is -0.475 e. The molecule has 0 radical (unpaired) electrons. The first kappa shape index (κ1) is 11.5. The van der Waals surface area contributed by atoms with Gasteiger partial charge in [0.1, 0.15) is 0 Å². The number of nitrogens with zero attached hydrogens (tertiary/aromatic N) is 1. The van der Waals surface area contributed by atoms with Gasteiger partial charge in [0.2, 0.25) is 5.76 Å². The third-order valence-electron chi connectivity index (χ3n) is 3.16. The SMILES string of the molecule is O=C(O)c1ccc(C(=O)N2Cc3ccccc3C2)o1. The maximum absolute atomic E-state index is 12.2. The molecule has 96 valence electrons. The fraction of sp³-hybridized carbons (Fsp3) is 0.143. The maximum Gasteiger partial charge on any atom is 0.371 e. The molecule has 1 aliphatic rings. The van der Waals surface area contributed by atoms with Crippen molar-refractivity contribution >= 4 is 11.9 Å². The Labute approximate surface area is 109 Å². The van der Waals surface area contributed by atoms with Crippen LogP contribution in [0.15, 0.2) is 40.8 Å². The highest BCUT2D eigenvalue weighted by Gasteiger charge is 2.26. The van der Waals surface area contributed by atoms with Crippen LogP contribution in [0.25, 0.3) is 0 Å². The highest BCUT2D eigenvalue weighted by atomic mass is 16.4. The average Bonchev–Trinajstić information content (AvgIpc) is 3.04. The van der Waals surface area contributed by atoms with Crippen LogP contribution in [-0.2, 0) is 13.1 Å². The Hall–Kier alpha value is -2.56. The highest BCUT2D eigenvalue weighted by molar-refractivity contribution is 5.93. The lowest BCUT2D eigenvalue weighted by Gasteiger charge is -2.13. The number of aromatic carboxylic acids is 1. The second-order valence-electron chi connectivity index (χ2n) is 4.40. The van der Waals surface area contributed by atoms with Crippen molar-refractivity contribution in [2.75, 3.05) is 0 Å². The van der Waals surface area contributed by atoms with E-state index in [1.165, 1.54) is 12.1 Å². The Morgan fingerprint density at radius 2 is 1.58 bits per heavy atom. The summed E-state index contributed by atoms with van der Waals surface area (Å²) in [6, 6.07) is 10.5. The van der Waals surface area contributed by atoms with Crippen molar-refractivity contribution < 1.29 is 19.1 Å². The minimum atomic E-state index is -1.18. The second-order valence-corrected chi connectivity index (χ2v) is 4.40. The molecule has 2 aromatic rings. The van der Waals surface area contributed by atoms with Crippen LogP contribution in [-0.4, -0.2) is 21.9 Å². The lowest BCUT2D eigenvalue weighted by molar-refractivity contribution is 0.0648. The Balaban J connectivity index is 1.81. The van der Waals surface area contributed by atoms with E-state index in [1.807, 2.05) is 24.3 Å². The molecule has 0 saturated carbocycles. The second kappa shape index (κ2) is 4.28. The molecule has 0 spiro atoms. The molecule has 1 aromatic carbocycles. The van der Waals surface area contributed by atoms with Crippen LogP contribution >= 0.6 is 0 Å². The molecule has 0 atom stereocenters. The van der Waals surface area contributed by atoms with E-state index in [0.29, 0.717) is 13.1 Å². The first-order valence-electron chi connectivity index (χ1n) is 5.84. The monoisotopic (exact) mass is 257 g/mol. The summed E-state index contributed by atoms with van der Waals surface area (Å²) < 4.78 is 5.03. The van der Waals surface area contributed by atoms with Gasteiger partial charge in [-0.15, -0.1) is 0 Å². The Bertz CT molecular complexity index is 634. The van der Waals surface area contributed by atoms with Gasteiger partial charge in [0.25, 0.3) is 5.91 Å². The smallest absolute Gasteiger partial charge is 0.371 e. The van der Waals surface area contributed by atoms with E-state index in [9.17, 15) is 9.59 Å². The van der Waals surface area contributed by atoms with Gasteiger partial charge in [-0.25, -0.2) is 4.79 Å². The summed E-state index contributed by atoms with van der Waals surface area (Å²) >= 11 is 0. The standard InChI is InChI=1S/C14H11NO4/c16-13(11-5-6-12(19-11)14(17)18)15-7-9-3-1-2-4-10(9)8-15/h1-6H,7-8H2,(H,17,18). The van der Waals surface area contributed by atoms with Gasteiger partial charge < -0.3 is 14.4 Å². The van der Waals surface area contributed by atoms with E-state index in [2.05, 4.69) is 0 Å². The summed E-state index contributed by atoms with van der Waals surface area (Å²) in [6.07, 6.45) is 0. The first-order chi connectivity index (χ1) is 9.15. The molecule has 0 fully saturated rings. The Morgan fingerprint density at radius 1 is 1.00 bits per heavy atom. The zero-order valence-corrected chi connectivity index (χ0v) is 10.00. The van der Waals surface area contributed by atoms with E-state index in [4.69, 9.17) is 9.52 Å². The number of rotatable bonds is 2. The van der Waals surface area contributed by atoms with Crippen molar-refractivity contribution in [3.8, 4) is 0 Å². The molecule has 19 heavy (non-hydrogen) atoms. The summed E-state index contributed by atoms with van der Waals surface area (Å²) in [5.74, 6) is -1.63. The maximum atomic E-state index is 12.2. The molecular weight excluding hydrogens is 246 g/mol. The highest BCUT2D eigenvalue weighted by Crippen LogP contribution is 2.24. The average molecular weight is 257 g/mol. The van der Waals surface area contributed by atoms with Gasteiger partial charge in [0.15, 0.2) is 5.76 Å². The molecule has 1 N–H and O–H groups in total. The normalized spacial score (nSPS) is 13.4. The van der Waals surface area contributed by atoms with Crippen molar-refractivity contribution in [3.63, 3.8) is 0 Å². The number of hydrogen-bond donors (Lipinski definition) is 1. The van der Waals surface area contributed by atoms with Gasteiger partial charge in [-0.2, -0.15) is 0 Å². The van der Waals surface area contributed by atoms with E-state index in [1.54, 1.807) is 4.90 Å². The summed E-state index contributed by atoms with van der Waals surface area (Å²) in [6.45, 7) is 1.05. The van der Waals surface area contributed by atoms with Crippen molar-refractivity contribution in [3.05, 3.63) is 59.0 Å². The Kier molecular flexibility index (Phi) is 2.59. The minimum absolute atomic E-state index is 0.0604. The first-order valence-corrected chi connectivity index (χ1v) is 5.84. The van der Waals surface area contributed by atoms with Crippen molar-refractivity contribution in [2.45, 2.75) is 13.1 Å². The number of carboxylic acids is 1. The van der Waals surface area contributed by atoms with Gasteiger partial charge in [-0.1, -0.05) is 24.3 Å². The van der Waals surface area contributed by atoms with E-state index in [0.717, 1.165) is 11.1 Å². The number of furan rings is 1. The van der Waals surface area contributed by atoms with Gasteiger partial charge in [0, 0.05) is 13.1 Å². The molecule has 0 unspecified atom stereocenters. The molecule has 1 aliphatic heterocycles. The third-order valence-corrected chi connectivity index (χ3v) is 3.16. The summed E-state index contributed by atoms with van der Waals surface area (Å²) in [7, 11) is 0. The van der Waals surface area contributed by atoms with Crippen molar-refractivity contribution in [2.24, 2.45) is 0 Å². The van der Waals surface area contributed by atoms with Crippen LogP contribution in [0.1, 0.15) is 32.2 Å². The van der Waals surface area contributed by atoms with E-state index >= 15 is 0 Å². The summed E-state index contributed by atoms with van der Waals surface area (Å²) in [5.41, 5.74) is 2.22. The lowest BCUT2D eigenvalue weighted by atomic mass is 10.1. The number of benzene rings is 1. The quantitative estimate of drug-likeness (QED) is 0.894. The van der Waals surface area contributed by atoms with Crippen molar-refractivity contribution in [1.29, 1.82) is 0 Å². The fourth-order valence-corrected chi connectivity index (χ4v) is 2.20. The largest absolute Gasteiger partial charge is 0.475 e. The predicted octanol–water partition coefficient (Wildman–Crippen LogP) is 2.13. The zero-order chi connectivity index (χ0) is 13.4. The van der Waals surface area contributed by atoms with Crippen LogP contribution in [0, 0.1) is 0 Å². The lowest BCUT2D eigenvalue weighted by Crippen LogP contribution is -2.24. The number of carbonyl (C=O) groups excluding carboxylic acids is 1. The number of fused-ring (bicyclic) bond motifs is 1. The summed E-state index contributed by atoms with van der Waals surface area (Å²) in [4.78, 5) is 24.5. The Morgan fingerprint density at radius 3 is 2.11 bits per heavy atom. The van der Waals surface area contributed by atoms with Crippen LogP contribution in [0.5, 0.6) is 0 Å². The molecule has 0 saturated heterocycles. The molecule has 2 heterocycles. The molecule has 0 aliphatic carbocycles. The molecule has 1 amide bonds. The van der Waals surface area contributed by atoms with E-state index < -0.39 is 5.97 Å². The molecule has 0 bridgehead atoms. The van der Waals surface area contributed by atoms with Crippen LogP contribution in [0.2, 0.25) is 0 Å². The van der Waals surface area contributed by atoms with Crippen LogP contribution in [0.3, 0.4) is 0 Å². The number of amides is 1. The van der Waals surface area contributed by atoms with Gasteiger partial charge in [-0.05, 0) is 23.3 Å². The molecule has 5 nitrogen and oxygen atoms in total. The number of hydrogen-bond acceptors (Lipinski definition) is 3. The van der Waals surface area contributed by atoms with Gasteiger partial charge in [-0.3, -0.25) is 4.79 Å². The van der Waals surface area contributed by atoms with Crippen molar-refractivity contribution in [1.82, 2.24) is 4.90 Å². The molecular formula is C14H11NO4. The van der Waals surface area contributed by atoms with Crippen LogP contribution in [0.4, 0.5) is 0 Å². The van der Waals surface area contributed by atoms with Gasteiger partial charge >= 0.3 is 5.97 Å². The number of carbonyl (C=O) groups is 2. The predicted molar refractivity (Wildman–Crippen MR) is 65.7 cm³/mol. The topological polar surface area (TPSA) is 70.8 Å². The van der Waals surface area contributed by atoms with Crippen LogP contribution < -0.4 is 0 Å².